The lowest BCUT2D eigenvalue weighted by atomic mass is 10.2. The lowest BCUT2D eigenvalue weighted by Gasteiger charge is -2.08. The average Bonchev–Trinajstić information content (AvgIpc) is 3.48. The number of aromatic amines is 2. The van der Waals surface area contributed by atoms with Crippen LogP contribution in [0.5, 0.6) is 0 Å². The van der Waals surface area contributed by atoms with E-state index in [2.05, 4.69) is 57.2 Å². The van der Waals surface area contributed by atoms with Crippen molar-refractivity contribution >= 4 is 22.1 Å². The topological polar surface area (TPSA) is 67.2 Å². The normalized spacial score (nSPS) is 11.8. The summed E-state index contributed by atoms with van der Waals surface area (Å²) in [6.45, 7) is 6.27. The number of nitrogens with one attached hydrogen (secondary N) is 2. The molecule has 0 saturated carbocycles. The molecule has 4 heterocycles. The zero-order valence-corrected chi connectivity index (χ0v) is 16.2. The molecule has 0 radical (unpaired) electrons. The van der Waals surface area contributed by atoms with Crippen LogP contribution in [0.25, 0.3) is 45.1 Å². The van der Waals surface area contributed by atoms with Crippen LogP contribution in [0.2, 0.25) is 0 Å². The van der Waals surface area contributed by atoms with Gasteiger partial charge in [-0.3, -0.25) is 0 Å². The molecule has 0 amide bonds. The third-order valence-corrected chi connectivity index (χ3v) is 5.19. The van der Waals surface area contributed by atoms with Crippen LogP contribution in [0.15, 0.2) is 48.8 Å². The lowest BCUT2D eigenvalue weighted by molar-refractivity contribution is 0.698. The van der Waals surface area contributed by atoms with E-state index in [4.69, 9.17) is 9.97 Å². The van der Waals surface area contributed by atoms with E-state index in [1.54, 1.807) is 0 Å². The van der Waals surface area contributed by atoms with Crippen LogP contribution in [0.3, 0.4) is 0 Å². The Morgan fingerprint density at radius 3 is 1.64 bits per heavy atom. The molecule has 0 unspecified atom stereocenters. The largest absolute Gasteiger partial charge is 0.359 e. The summed E-state index contributed by atoms with van der Waals surface area (Å²) in [6, 6.07) is 12.6. The fourth-order valence-corrected chi connectivity index (χ4v) is 3.99. The highest BCUT2D eigenvalue weighted by Gasteiger charge is 2.18. The predicted molar refractivity (Wildman–Crippen MR) is 113 cm³/mol. The smallest absolute Gasteiger partial charge is 0.157 e. The molecule has 2 N–H and O–H groups in total. The average molecular weight is 372 g/mol. The van der Waals surface area contributed by atoms with Crippen molar-refractivity contribution in [2.75, 3.05) is 0 Å². The Hall–Kier alpha value is -3.28. The van der Waals surface area contributed by atoms with Crippen molar-refractivity contribution in [1.29, 1.82) is 0 Å². The minimum Gasteiger partial charge on any atom is -0.359 e. The molecule has 0 aliphatic heterocycles. The van der Waals surface area contributed by atoms with E-state index in [-0.39, 0.29) is 0 Å². The maximum Gasteiger partial charge on any atom is 0.157 e. The van der Waals surface area contributed by atoms with Crippen LogP contribution in [0.4, 0.5) is 0 Å². The van der Waals surface area contributed by atoms with E-state index in [0.717, 1.165) is 71.0 Å². The fraction of sp³-hybridized carbons (Fsp3) is 0.273. The highest BCUT2D eigenvalue weighted by atomic mass is 15.1. The van der Waals surface area contributed by atoms with Crippen molar-refractivity contribution < 1.29 is 0 Å². The number of imidazole rings is 2. The Morgan fingerprint density at radius 1 is 0.750 bits per heavy atom. The van der Waals surface area contributed by atoms with Gasteiger partial charge >= 0.3 is 0 Å². The van der Waals surface area contributed by atoms with Gasteiger partial charge in [0.05, 0.1) is 33.5 Å². The maximum atomic E-state index is 4.95. The van der Waals surface area contributed by atoms with Gasteiger partial charge in [-0.15, -0.1) is 0 Å². The van der Waals surface area contributed by atoms with Crippen LogP contribution in [-0.2, 0) is 13.1 Å². The van der Waals surface area contributed by atoms with Crippen molar-refractivity contribution in [2.45, 2.75) is 39.8 Å². The number of rotatable bonds is 6. The van der Waals surface area contributed by atoms with Gasteiger partial charge in [-0.05, 0) is 49.2 Å². The number of hydrogen-bond acceptors (Lipinski definition) is 2. The summed E-state index contributed by atoms with van der Waals surface area (Å²) in [5, 5.41) is 0. The number of H-pyrrole nitrogens is 2. The third kappa shape index (κ3) is 2.56. The van der Waals surface area contributed by atoms with Gasteiger partial charge in [0.2, 0.25) is 0 Å². The number of aromatic nitrogens is 6. The van der Waals surface area contributed by atoms with Crippen LogP contribution >= 0.6 is 0 Å². The standard InChI is InChI=1S/C22H24N6/c1-3-11-27-19-14-20-18(13-17(19)25-21(27)15-7-5-9-23-15)26-22(28(20)12-4-2)16-8-6-10-24-16/h5-10,13-14,23-24H,3-4,11-12H2,1-2H3. The van der Waals surface area contributed by atoms with Crippen LogP contribution in [-0.4, -0.2) is 29.1 Å². The molecular formula is C22H24N6. The molecule has 142 valence electrons. The molecule has 6 nitrogen and oxygen atoms in total. The van der Waals surface area contributed by atoms with Gasteiger partial charge in [-0.25, -0.2) is 9.97 Å². The zero-order valence-electron chi connectivity index (χ0n) is 16.2. The molecule has 0 bridgehead atoms. The molecular weight excluding hydrogens is 348 g/mol. The highest BCUT2D eigenvalue weighted by Crippen LogP contribution is 2.31. The van der Waals surface area contributed by atoms with Crippen molar-refractivity contribution in [3.8, 4) is 23.0 Å². The van der Waals surface area contributed by atoms with Gasteiger partial charge in [-0.1, -0.05) is 13.8 Å². The molecule has 0 aliphatic rings. The molecule has 4 aromatic heterocycles. The predicted octanol–water partition coefficient (Wildman–Crippen LogP) is 5.20. The van der Waals surface area contributed by atoms with Gasteiger partial charge in [-0.2, -0.15) is 0 Å². The molecule has 5 aromatic rings. The molecule has 0 fully saturated rings. The second-order valence-corrected chi connectivity index (χ2v) is 7.17. The fourth-order valence-electron chi connectivity index (χ4n) is 3.99. The lowest BCUT2D eigenvalue weighted by Crippen LogP contribution is -2.01. The summed E-state index contributed by atoms with van der Waals surface area (Å²) in [6.07, 6.45) is 6.00. The van der Waals surface area contributed by atoms with E-state index in [9.17, 15) is 0 Å². The maximum absolute atomic E-state index is 4.95. The Balaban J connectivity index is 1.78. The van der Waals surface area contributed by atoms with Gasteiger partial charge < -0.3 is 19.1 Å². The Kier molecular flexibility index (Phi) is 4.04. The van der Waals surface area contributed by atoms with Crippen molar-refractivity contribution in [2.24, 2.45) is 0 Å². The quantitative estimate of drug-likeness (QED) is 0.430. The van der Waals surface area contributed by atoms with Gasteiger partial charge in [0.25, 0.3) is 0 Å². The first-order chi connectivity index (χ1) is 13.8. The van der Waals surface area contributed by atoms with Gasteiger partial charge in [0, 0.05) is 25.5 Å². The second kappa shape index (κ2) is 6.71. The summed E-state index contributed by atoms with van der Waals surface area (Å²) >= 11 is 0. The van der Waals surface area contributed by atoms with E-state index in [1.807, 2.05) is 24.5 Å². The first-order valence-corrected chi connectivity index (χ1v) is 9.98. The van der Waals surface area contributed by atoms with Crippen LogP contribution in [0.1, 0.15) is 26.7 Å². The third-order valence-electron chi connectivity index (χ3n) is 5.19. The number of nitrogens with zero attached hydrogens (tertiary/aromatic N) is 4. The minimum absolute atomic E-state index is 0.932. The van der Waals surface area contributed by atoms with Crippen molar-refractivity contribution in [1.82, 2.24) is 29.1 Å². The molecule has 28 heavy (non-hydrogen) atoms. The van der Waals surface area contributed by atoms with Gasteiger partial charge in [0.15, 0.2) is 11.6 Å². The highest BCUT2D eigenvalue weighted by molar-refractivity contribution is 5.94. The second-order valence-electron chi connectivity index (χ2n) is 7.17. The molecule has 6 heteroatoms. The van der Waals surface area contributed by atoms with E-state index in [1.165, 1.54) is 0 Å². The Morgan fingerprint density at radius 2 is 1.25 bits per heavy atom. The number of fused-ring (bicyclic) bond motifs is 2. The molecule has 0 aliphatic carbocycles. The molecule has 0 saturated heterocycles. The van der Waals surface area contributed by atoms with E-state index < -0.39 is 0 Å². The molecule has 0 atom stereocenters. The number of hydrogen-bond donors (Lipinski definition) is 2. The molecule has 1 aromatic carbocycles. The Labute approximate surface area is 163 Å². The summed E-state index contributed by atoms with van der Waals surface area (Å²) in [5.41, 5.74) is 6.40. The van der Waals surface area contributed by atoms with Crippen molar-refractivity contribution in [3.05, 3.63) is 48.8 Å². The SMILES string of the molecule is CCCn1c(-c2ccc[nH]2)nc2cc3nc(-c4ccc[nH]4)n(CCC)c3cc21. The van der Waals surface area contributed by atoms with Crippen molar-refractivity contribution in [3.63, 3.8) is 0 Å². The number of benzene rings is 1. The summed E-state index contributed by atoms with van der Waals surface area (Å²) in [5.74, 6) is 1.97. The first kappa shape index (κ1) is 16.9. The zero-order chi connectivity index (χ0) is 19.1. The molecule has 0 spiro atoms. The van der Waals surface area contributed by atoms with E-state index in [0.29, 0.717) is 0 Å². The van der Waals surface area contributed by atoms with Crippen LogP contribution in [0, 0.1) is 0 Å². The van der Waals surface area contributed by atoms with E-state index >= 15 is 0 Å². The first-order valence-electron chi connectivity index (χ1n) is 9.98. The summed E-state index contributed by atoms with van der Waals surface area (Å²) in [4.78, 5) is 16.5. The van der Waals surface area contributed by atoms with Gasteiger partial charge in [0.1, 0.15) is 0 Å². The molecule has 5 rings (SSSR count). The van der Waals surface area contributed by atoms with Crippen LogP contribution < -0.4 is 0 Å². The Bertz CT molecular complexity index is 1130. The minimum atomic E-state index is 0.932. The monoisotopic (exact) mass is 372 g/mol. The summed E-state index contributed by atoms with van der Waals surface area (Å²) in [7, 11) is 0. The number of aryl methyl sites for hydroxylation is 2. The summed E-state index contributed by atoms with van der Waals surface area (Å²) < 4.78 is 4.64.